The lowest BCUT2D eigenvalue weighted by atomic mass is 9.90. The van der Waals surface area contributed by atoms with Crippen LogP contribution in [0.3, 0.4) is 0 Å². The minimum atomic E-state index is -0.929. The predicted octanol–water partition coefficient (Wildman–Crippen LogP) is 3.64. The number of para-hydroxylation sites is 1. The zero-order chi connectivity index (χ0) is 25.2. The number of hydroxylamine groups is 2. The molecule has 190 valence electrons. The minimum Gasteiger partial charge on any atom is -0.496 e. The van der Waals surface area contributed by atoms with Gasteiger partial charge in [0.2, 0.25) is 11.8 Å². The molecule has 0 radical (unpaired) electrons. The Morgan fingerprint density at radius 1 is 1.06 bits per heavy atom. The largest absolute Gasteiger partial charge is 0.496 e. The maximum Gasteiger partial charge on any atom is 0.261 e. The molecule has 2 aromatic rings. The molecule has 3 fully saturated rings. The van der Waals surface area contributed by atoms with Gasteiger partial charge >= 0.3 is 0 Å². The van der Waals surface area contributed by atoms with Crippen molar-refractivity contribution in [2.24, 2.45) is 5.92 Å². The van der Waals surface area contributed by atoms with Crippen LogP contribution in [0, 0.1) is 5.92 Å². The van der Waals surface area contributed by atoms with Crippen molar-refractivity contribution < 1.29 is 24.0 Å². The molecule has 2 heterocycles. The molecule has 3 aliphatic rings. The van der Waals surface area contributed by atoms with Gasteiger partial charge in [0.05, 0.1) is 19.1 Å². The van der Waals surface area contributed by atoms with Crippen molar-refractivity contribution in [3.8, 4) is 5.75 Å². The maximum absolute atomic E-state index is 13.6. The molecule has 5 rings (SSSR count). The SMILES string of the molecule is COc1ccccc1CNC(=O)CN1OC2C(=O)N(C3CCCCC3)C(=O)C2C1c1ccc(Cl)cc1. The zero-order valence-corrected chi connectivity index (χ0v) is 20.9. The molecule has 2 aliphatic heterocycles. The number of likely N-dealkylation sites (tertiary alicyclic amines) is 1. The van der Waals surface area contributed by atoms with Gasteiger partial charge in [-0.05, 0) is 36.6 Å². The summed E-state index contributed by atoms with van der Waals surface area (Å²) in [6.07, 6.45) is 3.88. The number of ether oxygens (including phenoxy) is 1. The van der Waals surface area contributed by atoms with Crippen molar-refractivity contribution in [3.63, 3.8) is 0 Å². The lowest BCUT2D eigenvalue weighted by Gasteiger charge is -2.32. The third-order valence-corrected chi connectivity index (χ3v) is 7.60. The van der Waals surface area contributed by atoms with Crippen LogP contribution in [0.1, 0.15) is 49.3 Å². The third kappa shape index (κ3) is 4.73. The molecular weight excluding hydrogens is 482 g/mol. The van der Waals surface area contributed by atoms with E-state index in [9.17, 15) is 14.4 Å². The van der Waals surface area contributed by atoms with E-state index in [-0.39, 0.29) is 36.9 Å². The molecule has 1 aliphatic carbocycles. The van der Waals surface area contributed by atoms with E-state index in [1.165, 1.54) is 9.96 Å². The Kier molecular flexibility index (Phi) is 7.27. The summed E-state index contributed by atoms with van der Waals surface area (Å²) in [5, 5.41) is 4.93. The Hall–Kier alpha value is -2.94. The van der Waals surface area contributed by atoms with Crippen LogP contribution in [0.4, 0.5) is 0 Å². The van der Waals surface area contributed by atoms with Crippen molar-refractivity contribution in [1.82, 2.24) is 15.3 Å². The van der Waals surface area contributed by atoms with Gasteiger partial charge in [0.25, 0.3) is 5.91 Å². The highest BCUT2D eigenvalue weighted by Crippen LogP contribution is 2.46. The number of halogens is 1. The van der Waals surface area contributed by atoms with Crippen LogP contribution in [0.2, 0.25) is 5.02 Å². The van der Waals surface area contributed by atoms with E-state index >= 15 is 0 Å². The second-order valence-corrected chi connectivity index (χ2v) is 9.99. The molecule has 0 aromatic heterocycles. The number of nitrogens with one attached hydrogen (secondary N) is 1. The first-order chi connectivity index (χ1) is 17.5. The van der Waals surface area contributed by atoms with Crippen LogP contribution in [-0.4, -0.2) is 53.5 Å². The number of benzene rings is 2. The van der Waals surface area contributed by atoms with Crippen molar-refractivity contribution >= 4 is 29.3 Å². The highest BCUT2D eigenvalue weighted by molar-refractivity contribution is 6.30. The third-order valence-electron chi connectivity index (χ3n) is 7.35. The van der Waals surface area contributed by atoms with Gasteiger partial charge in [-0.1, -0.05) is 61.2 Å². The van der Waals surface area contributed by atoms with Gasteiger partial charge in [0, 0.05) is 23.2 Å². The highest BCUT2D eigenvalue weighted by atomic mass is 35.5. The molecule has 2 aromatic carbocycles. The summed E-state index contributed by atoms with van der Waals surface area (Å²) in [5.74, 6) is -0.823. The van der Waals surface area contributed by atoms with Gasteiger partial charge in [-0.25, -0.2) is 0 Å². The lowest BCUT2D eigenvalue weighted by molar-refractivity contribution is -0.184. The van der Waals surface area contributed by atoms with E-state index < -0.39 is 18.1 Å². The first-order valence-corrected chi connectivity index (χ1v) is 12.8. The van der Waals surface area contributed by atoms with E-state index in [1.54, 1.807) is 19.2 Å². The number of carbonyl (C=O) groups excluding carboxylic acids is 3. The number of hydrogen-bond acceptors (Lipinski definition) is 6. The number of hydrogen-bond donors (Lipinski definition) is 1. The Morgan fingerprint density at radius 2 is 1.78 bits per heavy atom. The van der Waals surface area contributed by atoms with Gasteiger partial charge in [-0.15, -0.1) is 0 Å². The number of nitrogens with zero attached hydrogens (tertiary/aromatic N) is 2. The number of imide groups is 1. The standard InChI is InChI=1S/C27H30ClN3O5/c1-35-21-10-6-5-7-18(21)15-29-22(32)16-30-24(17-11-13-19(28)14-12-17)23-25(36-30)27(34)31(26(23)33)20-8-3-2-4-9-20/h5-7,10-14,20,23-25H,2-4,8-9,15-16H2,1H3,(H,29,32). The number of carbonyl (C=O) groups is 3. The maximum atomic E-state index is 13.6. The second-order valence-electron chi connectivity index (χ2n) is 9.55. The van der Waals surface area contributed by atoms with E-state index in [2.05, 4.69) is 5.32 Å². The van der Waals surface area contributed by atoms with Crippen molar-refractivity contribution in [2.75, 3.05) is 13.7 Å². The van der Waals surface area contributed by atoms with Gasteiger partial charge in [-0.3, -0.25) is 24.1 Å². The summed E-state index contributed by atoms with van der Waals surface area (Å²) in [7, 11) is 1.58. The van der Waals surface area contributed by atoms with Gasteiger partial charge < -0.3 is 10.1 Å². The van der Waals surface area contributed by atoms with E-state index in [0.717, 1.165) is 43.2 Å². The smallest absolute Gasteiger partial charge is 0.261 e. The molecule has 9 heteroatoms. The summed E-state index contributed by atoms with van der Waals surface area (Å²) in [6.45, 7) is 0.155. The zero-order valence-electron chi connectivity index (χ0n) is 20.2. The fourth-order valence-corrected chi connectivity index (χ4v) is 5.73. The van der Waals surface area contributed by atoms with E-state index in [0.29, 0.717) is 10.8 Å². The second kappa shape index (κ2) is 10.6. The average Bonchev–Trinajstić information content (AvgIpc) is 3.38. The summed E-state index contributed by atoms with van der Waals surface area (Å²) < 4.78 is 5.35. The molecule has 0 bridgehead atoms. The fraction of sp³-hybridized carbons (Fsp3) is 0.444. The Balaban J connectivity index is 1.35. The van der Waals surface area contributed by atoms with Gasteiger partial charge in [-0.2, -0.15) is 5.06 Å². The van der Waals surface area contributed by atoms with Crippen LogP contribution < -0.4 is 10.1 Å². The summed E-state index contributed by atoms with van der Waals surface area (Å²) in [5.41, 5.74) is 1.62. The normalized spacial score (nSPS) is 24.7. The Morgan fingerprint density at radius 3 is 2.50 bits per heavy atom. The van der Waals surface area contributed by atoms with Crippen LogP contribution in [0.25, 0.3) is 0 Å². The topological polar surface area (TPSA) is 88.2 Å². The molecule has 0 spiro atoms. The molecular formula is C27H30ClN3O5. The van der Waals surface area contributed by atoms with Gasteiger partial charge in [0.15, 0.2) is 6.10 Å². The quantitative estimate of drug-likeness (QED) is 0.571. The van der Waals surface area contributed by atoms with Crippen LogP contribution in [0.5, 0.6) is 5.75 Å². The number of rotatable bonds is 7. The number of amides is 3. The lowest BCUT2D eigenvalue weighted by Crippen LogP contribution is -2.45. The average molecular weight is 512 g/mol. The molecule has 1 N–H and O–H groups in total. The number of fused-ring (bicyclic) bond motifs is 1. The van der Waals surface area contributed by atoms with Gasteiger partial charge in [0.1, 0.15) is 12.3 Å². The molecule has 8 nitrogen and oxygen atoms in total. The highest BCUT2D eigenvalue weighted by Gasteiger charge is 2.60. The molecule has 36 heavy (non-hydrogen) atoms. The first-order valence-electron chi connectivity index (χ1n) is 12.4. The molecule has 2 saturated heterocycles. The predicted molar refractivity (Wildman–Crippen MR) is 133 cm³/mol. The fourth-order valence-electron chi connectivity index (χ4n) is 5.60. The Labute approximate surface area is 215 Å². The molecule has 1 saturated carbocycles. The summed E-state index contributed by atoms with van der Waals surface area (Å²) in [6, 6.07) is 13.9. The first kappa shape index (κ1) is 24.7. The van der Waals surface area contributed by atoms with Crippen LogP contribution in [0.15, 0.2) is 48.5 Å². The summed E-state index contributed by atoms with van der Waals surface area (Å²) >= 11 is 6.10. The van der Waals surface area contributed by atoms with Crippen molar-refractivity contribution in [2.45, 2.75) is 56.8 Å². The monoisotopic (exact) mass is 511 g/mol. The Bertz CT molecular complexity index is 1130. The minimum absolute atomic E-state index is 0.0728. The molecule has 3 unspecified atom stereocenters. The van der Waals surface area contributed by atoms with Crippen molar-refractivity contribution in [3.05, 3.63) is 64.7 Å². The van der Waals surface area contributed by atoms with E-state index in [4.69, 9.17) is 21.2 Å². The molecule has 3 atom stereocenters. The van der Waals surface area contributed by atoms with E-state index in [1.807, 2.05) is 36.4 Å². The van der Waals surface area contributed by atoms with Crippen LogP contribution in [-0.2, 0) is 25.8 Å². The number of methoxy groups -OCH3 is 1. The van der Waals surface area contributed by atoms with Crippen LogP contribution >= 0.6 is 11.6 Å². The summed E-state index contributed by atoms with van der Waals surface area (Å²) in [4.78, 5) is 47.4. The van der Waals surface area contributed by atoms with Crippen molar-refractivity contribution in [1.29, 1.82) is 0 Å². The molecule has 3 amide bonds.